The molecular weight excluding hydrogens is 174 g/mol. The number of likely N-dealkylation sites (tertiary alicyclic amines) is 1. The smallest absolute Gasteiger partial charge is 0.0445 e. The Kier molecular flexibility index (Phi) is 5.49. The average Bonchev–Trinajstić information content (AvgIpc) is 2.19. The molecule has 1 aliphatic rings. The fourth-order valence-electron chi connectivity index (χ4n) is 2.65. The third kappa shape index (κ3) is 3.25. The highest BCUT2D eigenvalue weighted by atomic mass is 16.3. The lowest BCUT2D eigenvalue weighted by atomic mass is 9.96. The second-order valence-corrected chi connectivity index (χ2v) is 4.54. The molecule has 2 heteroatoms. The molecule has 1 saturated heterocycles. The number of aliphatic hydroxyl groups excluding tert-OH is 1. The van der Waals surface area contributed by atoms with E-state index in [0.29, 0.717) is 18.7 Å². The molecule has 1 heterocycles. The zero-order chi connectivity index (χ0) is 10.4. The molecule has 0 aromatic rings. The third-order valence-electron chi connectivity index (χ3n) is 3.41. The van der Waals surface area contributed by atoms with Gasteiger partial charge in [-0.15, -0.1) is 0 Å². The molecule has 1 fully saturated rings. The maximum atomic E-state index is 9.02. The standard InChI is InChI=1S/C12H25NO/c1-3-6-11(2)13-9-5-4-7-12(13)8-10-14/h11-12,14H,3-10H2,1-2H3. The van der Waals surface area contributed by atoms with Crippen molar-refractivity contribution in [3.63, 3.8) is 0 Å². The molecule has 0 amide bonds. The molecule has 0 spiro atoms. The minimum absolute atomic E-state index is 0.347. The number of nitrogens with zero attached hydrogens (tertiary/aromatic N) is 1. The van der Waals surface area contributed by atoms with Crippen molar-refractivity contribution in [3.8, 4) is 0 Å². The topological polar surface area (TPSA) is 23.5 Å². The van der Waals surface area contributed by atoms with E-state index in [0.717, 1.165) is 6.42 Å². The number of aliphatic hydroxyl groups is 1. The lowest BCUT2D eigenvalue weighted by Gasteiger charge is -2.39. The predicted octanol–water partition coefficient (Wildman–Crippen LogP) is 2.41. The van der Waals surface area contributed by atoms with Crippen molar-refractivity contribution in [3.05, 3.63) is 0 Å². The molecular formula is C12H25NO. The van der Waals surface area contributed by atoms with Gasteiger partial charge < -0.3 is 5.11 Å². The Morgan fingerprint density at radius 3 is 2.86 bits per heavy atom. The molecule has 0 bridgehead atoms. The van der Waals surface area contributed by atoms with Crippen LogP contribution in [0.15, 0.2) is 0 Å². The Morgan fingerprint density at radius 2 is 2.21 bits per heavy atom. The van der Waals surface area contributed by atoms with E-state index in [9.17, 15) is 0 Å². The van der Waals surface area contributed by atoms with Crippen molar-refractivity contribution >= 4 is 0 Å². The summed E-state index contributed by atoms with van der Waals surface area (Å²) in [5.74, 6) is 0. The zero-order valence-electron chi connectivity index (χ0n) is 9.71. The third-order valence-corrected chi connectivity index (χ3v) is 3.41. The largest absolute Gasteiger partial charge is 0.396 e. The minimum atomic E-state index is 0.347. The Morgan fingerprint density at radius 1 is 1.43 bits per heavy atom. The second kappa shape index (κ2) is 6.41. The van der Waals surface area contributed by atoms with Gasteiger partial charge in [-0.25, -0.2) is 0 Å². The summed E-state index contributed by atoms with van der Waals surface area (Å²) >= 11 is 0. The number of hydrogen-bond donors (Lipinski definition) is 1. The maximum Gasteiger partial charge on any atom is 0.0445 e. The highest BCUT2D eigenvalue weighted by Gasteiger charge is 2.25. The van der Waals surface area contributed by atoms with Crippen molar-refractivity contribution in [2.45, 2.75) is 64.5 Å². The molecule has 1 aliphatic heterocycles. The van der Waals surface area contributed by atoms with E-state index in [1.165, 1.54) is 38.6 Å². The van der Waals surface area contributed by atoms with Gasteiger partial charge in [-0.05, 0) is 39.2 Å². The first kappa shape index (κ1) is 12.0. The van der Waals surface area contributed by atoms with Gasteiger partial charge in [-0.3, -0.25) is 4.90 Å². The van der Waals surface area contributed by atoms with Crippen LogP contribution in [0.3, 0.4) is 0 Å². The van der Waals surface area contributed by atoms with Gasteiger partial charge in [0.2, 0.25) is 0 Å². The van der Waals surface area contributed by atoms with E-state index in [2.05, 4.69) is 18.7 Å². The molecule has 2 nitrogen and oxygen atoms in total. The molecule has 1 rings (SSSR count). The van der Waals surface area contributed by atoms with Gasteiger partial charge >= 0.3 is 0 Å². The molecule has 0 aromatic carbocycles. The summed E-state index contributed by atoms with van der Waals surface area (Å²) in [7, 11) is 0. The van der Waals surface area contributed by atoms with Crippen LogP contribution in [-0.4, -0.2) is 35.2 Å². The molecule has 1 N–H and O–H groups in total. The molecule has 2 atom stereocenters. The van der Waals surface area contributed by atoms with E-state index in [-0.39, 0.29) is 0 Å². The van der Waals surface area contributed by atoms with E-state index >= 15 is 0 Å². The first-order valence-corrected chi connectivity index (χ1v) is 6.16. The van der Waals surface area contributed by atoms with Crippen molar-refractivity contribution in [1.29, 1.82) is 0 Å². The number of hydrogen-bond acceptors (Lipinski definition) is 2. The molecule has 14 heavy (non-hydrogen) atoms. The first-order valence-electron chi connectivity index (χ1n) is 6.16. The van der Waals surface area contributed by atoms with Crippen LogP contribution in [0, 0.1) is 0 Å². The molecule has 0 radical (unpaired) electrons. The molecule has 0 saturated carbocycles. The van der Waals surface area contributed by atoms with Crippen LogP contribution in [0.2, 0.25) is 0 Å². The van der Waals surface area contributed by atoms with E-state index in [1.807, 2.05) is 0 Å². The first-order chi connectivity index (χ1) is 6.79. The van der Waals surface area contributed by atoms with Crippen LogP contribution in [0.1, 0.15) is 52.4 Å². The summed E-state index contributed by atoms with van der Waals surface area (Å²) in [6, 6.07) is 1.35. The molecule has 0 aliphatic carbocycles. The minimum Gasteiger partial charge on any atom is -0.396 e. The average molecular weight is 199 g/mol. The maximum absolute atomic E-state index is 9.02. The molecule has 84 valence electrons. The van der Waals surface area contributed by atoms with Crippen molar-refractivity contribution in [2.24, 2.45) is 0 Å². The SMILES string of the molecule is CCCC(C)N1CCCCC1CCO. The fraction of sp³-hybridized carbons (Fsp3) is 1.00. The number of rotatable bonds is 5. The van der Waals surface area contributed by atoms with Gasteiger partial charge in [0.1, 0.15) is 0 Å². The van der Waals surface area contributed by atoms with Gasteiger partial charge in [0.15, 0.2) is 0 Å². The van der Waals surface area contributed by atoms with Crippen LogP contribution in [0.4, 0.5) is 0 Å². The van der Waals surface area contributed by atoms with Crippen molar-refractivity contribution in [1.82, 2.24) is 4.90 Å². The number of piperidine rings is 1. The summed E-state index contributed by atoms with van der Waals surface area (Å²) in [5.41, 5.74) is 0. The lowest BCUT2D eigenvalue weighted by Crippen LogP contribution is -2.45. The van der Waals surface area contributed by atoms with Crippen molar-refractivity contribution in [2.75, 3.05) is 13.2 Å². The van der Waals surface area contributed by atoms with Gasteiger partial charge in [0.05, 0.1) is 0 Å². The molecule has 2 unspecified atom stereocenters. The Bertz CT molecular complexity index is 147. The molecule has 0 aromatic heterocycles. The van der Waals surface area contributed by atoms with E-state index in [4.69, 9.17) is 5.11 Å². The predicted molar refractivity (Wildman–Crippen MR) is 60.4 cm³/mol. The van der Waals surface area contributed by atoms with Gasteiger partial charge in [-0.2, -0.15) is 0 Å². The van der Waals surface area contributed by atoms with Gasteiger partial charge in [0.25, 0.3) is 0 Å². The van der Waals surface area contributed by atoms with Crippen LogP contribution in [-0.2, 0) is 0 Å². The summed E-state index contributed by atoms with van der Waals surface area (Å²) in [6.45, 7) is 6.17. The lowest BCUT2D eigenvalue weighted by molar-refractivity contribution is 0.0787. The van der Waals surface area contributed by atoms with Crippen LogP contribution >= 0.6 is 0 Å². The fourth-order valence-corrected chi connectivity index (χ4v) is 2.65. The normalized spacial score (nSPS) is 26.4. The van der Waals surface area contributed by atoms with Gasteiger partial charge in [-0.1, -0.05) is 19.8 Å². The highest BCUT2D eigenvalue weighted by molar-refractivity contribution is 4.80. The monoisotopic (exact) mass is 199 g/mol. The summed E-state index contributed by atoms with van der Waals surface area (Å²) in [6.07, 6.45) is 7.50. The van der Waals surface area contributed by atoms with Crippen LogP contribution in [0.5, 0.6) is 0 Å². The summed E-state index contributed by atoms with van der Waals surface area (Å²) < 4.78 is 0. The Balaban J connectivity index is 2.44. The van der Waals surface area contributed by atoms with E-state index < -0.39 is 0 Å². The van der Waals surface area contributed by atoms with Gasteiger partial charge in [0, 0.05) is 18.7 Å². The zero-order valence-corrected chi connectivity index (χ0v) is 9.71. The Labute approximate surface area is 88.3 Å². The van der Waals surface area contributed by atoms with Crippen molar-refractivity contribution < 1.29 is 5.11 Å². The highest BCUT2D eigenvalue weighted by Crippen LogP contribution is 2.23. The van der Waals surface area contributed by atoms with Crippen LogP contribution in [0.25, 0.3) is 0 Å². The second-order valence-electron chi connectivity index (χ2n) is 4.54. The Hall–Kier alpha value is -0.0800. The summed E-state index contributed by atoms with van der Waals surface area (Å²) in [5, 5.41) is 9.02. The van der Waals surface area contributed by atoms with E-state index in [1.54, 1.807) is 0 Å². The quantitative estimate of drug-likeness (QED) is 0.735. The summed E-state index contributed by atoms with van der Waals surface area (Å²) in [4.78, 5) is 2.61. The van der Waals surface area contributed by atoms with Crippen LogP contribution < -0.4 is 0 Å².